The highest BCUT2D eigenvalue weighted by atomic mass is 15.3. The Morgan fingerprint density at radius 3 is 2.50 bits per heavy atom. The van der Waals surface area contributed by atoms with Gasteiger partial charge < -0.3 is 9.80 Å². The maximum atomic E-state index is 3.06. The zero-order valence-electron chi connectivity index (χ0n) is 5.26. The number of rotatable bonds is 1. The summed E-state index contributed by atoms with van der Waals surface area (Å²) >= 11 is 0. The lowest BCUT2D eigenvalue weighted by Crippen LogP contribution is -2.15. The molecule has 0 aromatic heterocycles. The first-order valence-electron chi connectivity index (χ1n) is 2.77. The van der Waals surface area contributed by atoms with E-state index in [0.29, 0.717) is 0 Å². The van der Waals surface area contributed by atoms with Crippen molar-refractivity contribution in [3.8, 4) is 0 Å². The van der Waals surface area contributed by atoms with Crippen molar-refractivity contribution in [2.75, 3.05) is 13.6 Å². The number of hydrogen-bond donors (Lipinski definition) is 0. The highest BCUT2D eigenvalue weighted by molar-refractivity contribution is 4.94. The second-order valence-electron chi connectivity index (χ2n) is 1.80. The summed E-state index contributed by atoms with van der Waals surface area (Å²) in [4.78, 5) is 3.91. The quantitative estimate of drug-likeness (QED) is 0.490. The summed E-state index contributed by atoms with van der Waals surface area (Å²) < 4.78 is 0. The van der Waals surface area contributed by atoms with Crippen LogP contribution in [0.2, 0.25) is 0 Å². The molecule has 2 radical (unpaired) electrons. The van der Waals surface area contributed by atoms with Crippen molar-refractivity contribution in [3.05, 3.63) is 19.1 Å². The molecule has 0 unspecified atom stereocenters. The summed E-state index contributed by atoms with van der Waals surface area (Å²) in [5.74, 6) is 0. The smallest absolute Gasteiger partial charge is 0.207 e. The standard InChI is InChI=1S/C6H10N2/c1-3-8-5-4-7(2)6-8/h4-5H,3H2,1-2H3. The first kappa shape index (κ1) is 5.48. The van der Waals surface area contributed by atoms with Gasteiger partial charge in [-0.25, -0.2) is 0 Å². The fraction of sp³-hybridized carbons (Fsp3) is 0.500. The molecule has 2 nitrogen and oxygen atoms in total. The summed E-state index contributed by atoms with van der Waals surface area (Å²) in [6.07, 6.45) is 3.98. The molecule has 0 atom stereocenters. The van der Waals surface area contributed by atoms with Crippen LogP contribution in [0.25, 0.3) is 0 Å². The van der Waals surface area contributed by atoms with Crippen LogP contribution in [0.3, 0.4) is 0 Å². The van der Waals surface area contributed by atoms with Gasteiger partial charge in [0.25, 0.3) is 0 Å². The average molecular weight is 110 g/mol. The maximum absolute atomic E-state index is 3.06. The molecule has 0 saturated heterocycles. The van der Waals surface area contributed by atoms with E-state index in [4.69, 9.17) is 0 Å². The molecule has 0 spiro atoms. The molecule has 44 valence electrons. The van der Waals surface area contributed by atoms with Crippen LogP contribution in [-0.4, -0.2) is 23.4 Å². The van der Waals surface area contributed by atoms with Crippen LogP contribution in [0.4, 0.5) is 0 Å². The van der Waals surface area contributed by atoms with Crippen molar-refractivity contribution in [1.82, 2.24) is 9.80 Å². The van der Waals surface area contributed by atoms with E-state index in [1.807, 2.05) is 29.2 Å². The summed E-state index contributed by atoms with van der Waals surface area (Å²) in [7, 11) is 1.96. The summed E-state index contributed by atoms with van der Waals surface area (Å²) in [6.45, 7) is 6.15. The minimum atomic E-state index is 1.00. The highest BCUT2D eigenvalue weighted by Gasteiger charge is 2.06. The number of hydrogen-bond acceptors (Lipinski definition) is 2. The Kier molecular flexibility index (Phi) is 1.42. The fourth-order valence-electron chi connectivity index (χ4n) is 0.626. The van der Waals surface area contributed by atoms with Crippen molar-refractivity contribution in [3.63, 3.8) is 0 Å². The van der Waals surface area contributed by atoms with Gasteiger partial charge in [-0.15, -0.1) is 0 Å². The first-order valence-corrected chi connectivity index (χ1v) is 2.77. The van der Waals surface area contributed by atoms with Crippen molar-refractivity contribution in [2.45, 2.75) is 6.92 Å². The first-order chi connectivity index (χ1) is 3.83. The number of nitrogens with zero attached hydrogens (tertiary/aromatic N) is 2. The van der Waals surface area contributed by atoms with Crippen LogP contribution in [-0.2, 0) is 0 Å². The van der Waals surface area contributed by atoms with Gasteiger partial charge in [0.2, 0.25) is 6.67 Å². The third kappa shape index (κ3) is 0.941. The van der Waals surface area contributed by atoms with E-state index in [0.717, 1.165) is 6.54 Å². The van der Waals surface area contributed by atoms with Crippen LogP contribution >= 0.6 is 0 Å². The molecule has 1 aliphatic rings. The van der Waals surface area contributed by atoms with Crippen molar-refractivity contribution in [1.29, 1.82) is 0 Å². The molecule has 0 aromatic carbocycles. The molecule has 1 aliphatic heterocycles. The molecule has 1 rings (SSSR count). The van der Waals surface area contributed by atoms with Crippen molar-refractivity contribution >= 4 is 0 Å². The van der Waals surface area contributed by atoms with E-state index in [1.54, 1.807) is 0 Å². The molecule has 0 amide bonds. The second kappa shape index (κ2) is 2.07. The Labute approximate surface area is 50.4 Å². The highest BCUT2D eigenvalue weighted by Crippen LogP contribution is 2.06. The monoisotopic (exact) mass is 110 g/mol. The Bertz CT molecular complexity index is 98.7. The van der Waals surface area contributed by atoms with Gasteiger partial charge in [-0.05, 0) is 6.92 Å². The minimum absolute atomic E-state index is 1.00. The summed E-state index contributed by atoms with van der Waals surface area (Å²) in [6, 6.07) is 0. The molecule has 0 bridgehead atoms. The summed E-state index contributed by atoms with van der Waals surface area (Å²) in [5, 5.41) is 0. The van der Waals surface area contributed by atoms with Gasteiger partial charge in [0.05, 0.1) is 0 Å². The van der Waals surface area contributed by atoms with Crippen LogP contribution in [0, 0.1) is 6.67 Å². The van der Waals surface area contributed by atoms with Gasteiger partial charge in [-0.2, -0.15) is 0 Å². The largest absolute Gasteiger partial charge is 0.349 e. The van der Waals surface area contributed by atoms with Gasteiger partial charge in [-0.1, -0.05) is 0 Å². The molecule has 8 heavy (non-hydrogen) atoms. The van der Waals surface area contributed by atoms with Crippen LogP contribution in [0.1, 0.15) is 6.92 Å². The minimum Gasteiger partial charge on any atom is -0.349 e. The zero-order chi connectivity index (χ0) is 5.98. The molecule has 0 aliphatic carbocycles. The lowest BCUT2D eigenvalue weighted by Gasteiger charge is -2.11. The van der Waals surface area contributed by atoms with Gasteiger partial charge >= 0.3 is 0 Å². The Morgan fingerprint density at radius 1 is 1.50 bits per heavy atom. The predicted molar refractivity (Wildman–Crippen MR) is 32.5 cm³/mol. The van der Waals surface area contributed by atoms with Crippen molar-refractivity contribution < 1.29 is 0 Å². The third-order valence-electron chi connectivity index (χ3n) is 1.10. The molecule has 0 N–H and O–H groups in total. The van der Waals surface area contributed by atoms with Crippen LogP contribution in [0.15, 0.2) is 12.4 Å². The Balaban J connectivity index is 2.34. The van der Waals surface area contributed by atoms with E-state index in [9.17, 15) is 0 Å². The Morgan fingerprint density at radius 2 is 2.25 bits per heavy atom. The van der Waals surface area contributed by atoms with E-state index >= 15 is 0 Å². The van der Waals surface area contributed by atoms with Crippen LogP contribution in [0.5, 0.6) is 0 Å². The van der Waals surface area contributed by atoms with Crippen LogP contribution < -0.4 is 0 Å². The molecular formula is C6H10N2. The van der Waals surface area contributed by atoms with E-state index in [1.165, 1.54) is 0 Å². The molecule has 0 aromatic rings. The molecule has 0 fully saturated rings. The van der Waals surface area contributed by atoms with Gasteiger partial charge in [0, 0.05) is 26.0 Å². The lowest BCUT2D eigenvalue weighted by molar-refractivity contribution is 0.394. The fourth-order valence-corrected chi connectivity index (χ4v) is 0.626. The molecule has 2 heteroatoms. The average Bonchev–Trinajstić information content (AvgIpc) is 2.14. The van der Waals surface area contributed by atoms with E-state index in [-0.39, 0.29) is 0 Å². The van der Waals surface area contributed by atoms with Crippen molar-refractivity contribution in [2.24, 2.45) is 0 Å². The molecule has 0 saturated carbocycles. The van der Waals surface area contributed by atoms with Gasteiger partial charge in [0.15, 0.2) is 0 Å². The van der Waals surface area contributed by atoms with E-state index in [2.05, 4.69) is 13.6 Å². The second-order valence-corrected chi connectivity index (χ2v) is 1.80. The SMILES string of the molecule is CCN1[C]N(C)C=C1. The topological polar surface area (TPSA) is 6.48 Å². The Hall–Kier alpha value is -0.660. The lowest BCUT2D eigenvalue weighted by atomic mass is 10.6. The predicted octanol–water partition coefficient (Wildman–Crippen LogP) is 0.721. The van der Waals surface area contributed by atoms with Gasteiger partial charge in [0.1, 0.15) is 0 Å². The van der Waals surface area contributed by atoms with E-state index < -0.39 is 0 Å². The summed E-state index contributed by atoms with van der Waals surface area (Å²) in [5.41, 5.74) is 0. The molecular weight excluding hydrogens is 100 g/mol. The van der Waals surface area contributed by atoms with Gasteiger partial charge in [-0.3, -0.25) is 0 Å². The normalized spacial score (nSPS) is 18.2. The zero-order valence-corrected chi connectivity index (χ0v) is 5.26. The maximum Gasteiger partial charge on any atom is 0.207 e. The third-order valence-corrected chi connectivity index (χ3v) is 1.10. The molecule has 1 heterocycles.